The lowest BCUT2D eigenvalue weighted by atomic mass is 9.87. The molecule has 1 unspecified atom stereocenters. The van der Waals surface area contributed by atoms with Crippen molar-refractivity contribution in [2.24, 2.45) is 5.41 Å². The highest BCUT2D eigenvalue weighted by atomic mass is 16.5. The van der Waals surface area contributed by atoms with Crippen LogP contribution in [0.15, 0.2) is 11.6 Å². The molecule has 92 valence electrons. The van der Waals surface area contributed by atoms with Crippen molar-refractivity contribution in [3.8, 4) is 0 Å². The van der Waals surface area contributed by atoms with Gasteiger partial charge in [-0.15, -0.1) is 0 Å². The molecular weight excluding hydrogens is 198 g/mol. The van der Waals surface area contributed by atoms with Gasteiger partial charge < -0.3 is 10.1 Å². The Morgan fingerprint density at radius 1 is 1.50 bits per heavy atom. The van der Waals surface area contributed by atoms with Gasteiger partial charge in [-0.25, -0.2) is 0 Å². The van der Waals surface area contributed by atoms with Crippen LogP contribution in [0.5, 0.6) is 0 Å². The molecule has 1 aliphatic carbocycles. The second-order valence-electron chi connectivity index (χ2n) is 5.82. The smallest absolute Gasteiger partial charge is 0.0650 e. The fourth-order valence-electron chi connectivity index (χ4n) is 2.90. The molecule has 0 saturated heterocycles. The van der Waals surface area contributed by atoms with Crippen molar-refractivity contribution in [2.45, 2.75) is 52.0 Å². The normalized spacial score (nSPS) is 29.1. The van der Waals surface area contributed by atoms with Crippen LogP contribution in [0.2, 0.25) is 0 Å². The van der Waals surface area contributed by atoms with E-state index < -0.39 is 0 Å². The third kappa shape index (κ3) is 3.08. The van der Waals surface area contributed by atoms with E-state index in [-0.39, 0.29) is 0 Å². The fraction of sp³-hybridized carbons (Fsp3) is 0.857. The van der Waals surface area contributed by atoms with Crippen LogP contribution in [-0.4, -0.2) is 25.8 Å². The molecule has 1 aliphatic heterocycles. The predicted octanol–water partition coefficient (Wildman–Crippen LogP) is 2.89. The van der Waals surface area contributed by atoms with Crippen molar-refractivity contribution in [2.75, 3.05) is 19.8 Å². The van der Waals surface area contributed by atoms with Crippen LogP contribution in [0.4, 0.5) is 0 Å². The van der Waals surface area contributed by atoms with Gasteiger partial charge in [-0.05, 0) is 37.6 Å². The van der Waals surface area contributed by atoms with E-state index in [0.29, 0.717) is 5.41 Å². The lowest BCUT2D eigenvalue weighted by Gasteiger charge is -2.28. The first-order chi connectivity index (χ1) is 7.68. The first-order valence-corrected chi connectivity index (χ1v) is 6.67. The van der Waals surface area contributed by atoms with Gasteiger partial charge in [0.15, 0.2) is 0 Å². The van der Waals surface area contributed by atoms with Gasteiger partial charge in [0.25, 0.3) is 0 Å². The molecule has 2 rings (SSSR count). The summed E-state index contributed by atoms with van der Waals surface area (Å²) in [5, 5.41) is 3.74. The summed E-state index contributed by atoms with van der Waals surface area (Å²) in [6.45, 7) is 7.67. The maximum Gasteiger partial charge on any atom is 0.0650 e. The SMILES string of the molecule is CC1(C)CCCC1NCCC1=CCOCC1. The summed E-state index contributed by atoms with van der Waals surface area (Å²) in [6.07, 6.45) is 8.72. The molecule has 0 aromatic heterocycles. The zero-order chi connectivity index (χ0) is 11.4. The van der Waals surface area contributed by atoms with Gasteiger partial charge in [-0.3, -0.25) is 0 Å². The van der Waals surface area contributed by atoms with E-state index in [0.717, 1.165) is 32.2 Å². The van der Waals surface area contributed by atoms with Crippen molar-refractivity contribution in [1.82, 2.24) is 5.32 Å². The minimum absolute atomic E-state index is 0.504. The number of ether oxygens (including phenoxy) is 1. The Hall–Kier alpha value is -0.340. The van der Waals surface area contributed by atoms with Crippen molar-refractivity contribution in [3.63, 3.8) is 0 Å². The van der Waals surface area contributed by atoms with Crippen molar-refractivity contribution in [3.05, 3.63) is 11.6 Å². The van der Waals surface area contributed by atoms with Gasteiger partial charge >= 0.3 is 0 Å². The highest BCUT2D eigenvalue weighted by Gasteiger charge is 2.33. The van der Waals surface area contributed by atoms with Gasteiger partial charge in [0.2, 0.25) is 0 Å². The Kier molecular flexibility index (Phi) is 4.04. The Bertz CT molecular complexity index is 257. The zero-order valence-electron chi connectivity index (χ0n) is 10.7. The highest BCUT2D eigenvalue weighted by Crippen LogP contribution is 2.37. The van der Waals surface area contributed by atoms with Crippen LogP contribution < -0.4 is 5.32 Å². The molecular formula is C14H25NO. The first-order valence-electron chi connectivity index (χ1n) is 6.67. The summed E-state index contributed by atoms with van der Waals surface area (Å²) in [5.41, 5.74) is 2.08. The molecule has 1 heterocycles. The highest BCUT2D eigenvalue weighted by molar-refractivity contribution is 5.05. The topological polar surface area (TPSA) is 21.3 Å². The second kappa shape index (κ2) is 5.33. The van der Waals surface area contributed by atoms with E-state index in [2.05, 4.69) is 25.2 Å². The average molecular weight is 223 g/mol. The third-order valence-corrected chi connectivity index (χ3v) is 4.15. The molecule has 0 aromatic rings. The molecule has 1 saturated carbocycles. The molecule has 0 bridgehead atoms. The molecule has 2 aliphatic rings. The molecule has 0 spiro atoms. The molecule has 1 N–H and O–H groups in total. The average Bonchev–Trinajstić information content (AvgIpc) is 2.60. The van der Waals surface area contributed by atoms with E-state index >= 15 is 0 Å². The summed E-state index contributed by atoms with van der Waals surface area (Å²) < 4.78 is 5.32. The first kappa shape index (κ1) is 12.1. The minimum Gasteiger partial charge on any atom is -0.377 e. The van der Waals surface area contributed by atoms with Crippen LogP contribution >= 0.6 is 0 Å². The van der Waals surface area contributed by atoms with E-state index in [1.54, 1.807) is 5.57 Å². The summed E-state index contributed by atoms with van der Waals surface area (Å²) in [6, 6.07) is 0.730. The maximum absolute atomic E-state index is 5.32. The van der Waals surface area contributed by atoms with Crippen molar-refractivity contribution < 1.29 is 4.74 Å². The predicted molar refractivity (Wildman–Crippen MR) is 67.6 cm³/mol. The third-order valence-electron chi connectivity index (χ3n) is 4.15. The molecule has 2 heteroatoms. The monoisotopic (exact) mass is 223 g/mol. The van der Waals surface area contributed by atoms with E-state index in [4.69, 9.17) is 4.74 Å². The Morgan fingerprint density at radius 3 is 3.00 bits per heavy atom. The summed E-state index contributed by atoms with van der Waals surface area (Å²) in [5.74, 6) is 0. The summed E-state index contributed by atoms with van der Waals surface area (Å²) >= 11 is 0. The van der Waals surface area contributed by atoms with Crippen molar-refractivity contribution in [1.29, 1.82) is 0 Å². The zero-order valence-corrected chi connectivity index (χ0v) is 10.7. The number of hydrogen-bond acceptors (Lipinski definition) is 2. The standard InChI is InChI=1S/C14H25NO/c1-14(2)8-3-4-13(14)15-9-5-12-6-10-16-11-7-12/h6,13,15H,3-5,7-11H2,1-2H3. The van der Waals surface area contributed by atoms with Crippen molar-refractivity contribution >= 4 is 0 Å². The van der Waals surface area contributed by atoms with Gasteiger partial charge in [-0.2, -0.15) is 0 Å². The quantitative estimate of drug-likeness (QED) is 0.740. The van der Waals surface area contributed by atoms with Crippen LogP contribution in [-0.2, 0) is 4.74 Å². The van der Waals surface area contributed by atoms with Gasteiger partial charge in [0.1, 0.15) is 0 Å². The van der Waals surface area contributed by atoms with Gasteiger partial charge in [0, 0.05) is 6.04 Å². The lowest BCUT2D eigenvalue weighted by Crippen LogP contribution is -2.38. The molecule has 1 fully saturated rings. The van der Waals surface area contributed by atoms with Crippen LogP contribution in [0, 0.1) is 5.41 Å². The van der Waals surface area contributed by atoms with Gasteiger partial charge in [0.05, 0.1) is 13.2 Å². The Morgan fingerprint density at radius 2 is 2.38 bits per heavy atom. The number of hydrogen-bond donors (Lipinski definition) is 1. The minimum atomic E-state index is 0.504. The number of nitrogens with one attached hydrogen (secondary N) is 1. The van der Waals surface area contributed by atoms with Crippen LogP contribution in [0.3, 0.4) is 0 Å². The number of rotatable bonds is 4. The molecule has 0 amide bonds. The Labute approximate surface area is 99.4 Å². The molecule has 2 nitrogen and oxygen atoms in total. The van der Waals surface area contributed by atoms with E-state index in [1.807, 2.05) is 0 Å². The second-order valence-corrected chi connectivity index (χ2v) is 5.82. The van der Waals surface area contributed by atoms with E-state index in [1.165, 1.54) is 25.7 Å². The molecule has 16 heavy (non-hydrogen) atoms. The largest absolute Gasteiger partial charge is 0.377 e. The molecule has 1 atom stereocenters. The van der Waals surface area contributed by atoms with Crippen LogP contribution in [0.25, 0.3) is 0 Å². The van der Waals surface area contributed by atoms with E-state index in [9.17, 15) is 0 Å². The van der Waals surface area contributed by atoms with Gasteiger partial charge in [-0.1, -0.05) is 31.9 Å². The molecule has 0 aromatic carbocycles. The van der Waals surface area contributed by atoms with Crippen LogP contribution in [0.1, 0.15) is 46.0 Å². The Balaban J connectivity index is 1.69. The molecule has 0 radical (unpaired) electrons. The maximum atomic E-state index is 5.32. The fourth-order valence-corrected chi connectivity index (χ4v) is 2.90. The summed E-state index contributed by atoms with van der Waals surface area (Å²) in [4.78, 5) is 0. The summed E-state index contributed by atoms with van der Waals surface area (Å²) in [7, 11) is 0. The lowest BCUT2D eigenvalue weighted by molar-refractivity contribution is 0.153.